The zero-order chi connectivity index (χ0) is 16.2. The average molecular weight is 211 g/mol. The summed E-state index contributed by atoms with van der Waals surface area (Å²) in [7, 11) is 0. The molecule has 4 nitrogen and oxygen atoms in total. The van der Waals surface area contributed by atoms with Gasteiger partial charge in [0.15, 0.2) is 17.6 Å². The summed E-state index contributed by atoms with van der Waals surface area (Å²) in [4.78, 5) is 3.74. The van der Waals surface area contributed by atoms with Gasteiger partial charge >= 0.3 is 0 Å². The normalized spacial score (nSPS) is 38.1. The Bertz CT molecular complexity index is 679. The summed E-state index contributed by atoms with van der Waals surface area (Å²) < 4.78 is 64.3. The van der Waals surface area contributed by atoms with Gasteiger partial charge in [-0.1, -0.05) is 12.1 Å². The topological polar surface area (TPSA) is 42.8 Å². The van der Waals surface area contributed by atoms with Gasteiger partial charge in [-0.3, -0.25) is 4.99 Å². The highest BCUT2D eigenvalue weighted by atomic mass is 16.6. The van der Waals surface area contributed by atoms with Crippen molar-refractivity contribution in [1.29, 1.82) is 0 Å². The van der Waals surface area contributed by atoms with Crippen LogP contribution in [0.15, 0.2) is 29.2 Å². The van der Waals surface area contributed by atoms with Crippen LogP contribution in [0.25, 0.3) is 0 Å². The van der Waals surface area contributed by atoms with Crippen LogP contribution in [0.2, 0.25) is 0 Å². The first kappa shape index (κ1) is 4.04. The highest BCUT2D eigenvalue weighted by Crippen LogP contribution is 2.31. The number of amidine groups is 1. The van der Waals surface area contributed by atoms with Crippen molar-refractivity contribution in [3.8, 4) is 11.5 Å². The maximum Gasteiger partial charge on any atom is 0.189 e. The maximum absolute atomic E-state index is 7.82. The van der Waals surface area contributed by atoms with E-state index in [2.05, 4.69) is 10.3 Å². The molecule has 2 heterocycles. The van der Waals surface area contributed by atoms with Crippen molar-refractivity contribution in [1.82, 2.24) is 5.32 Å². The van der Waals surface area contributed by atoms with E-state index in [4.69, 9.17) is 19.1 Å². The number of nitrogens with one attached hydrogen (secondary N) is 1. The van der Waals surface area contributed by atoms with Crippen molar-refractivity contribution in [2.75, 3.05) is 19.6 Å². The van der Waals surface area contributed by atoms with Crippen LogP contribution in [0, 0.1) is 0 Å². The lowest BCUT2D eigenvalue weighted by Crippen LogP contribution is -2.42. The molecule has 2 aliphatic heterocycles. The van der Waals surface area contributed by atoms with Crippen LogP contribution in [0.1, 0.15) is 9.60 Å². The van der Waals surface area contributed by atoms with Gasteiger partial charge in [0.1, 0.15) is 12.4 Å². The molecule has 0 radical (unpaired) electrons. The van der Waals surface area contributed by atoms with Crippen molar-refractivity contribution >= 4 is 5.84 Å². The molecule has 15 heavy (non-hydrogen) atoms. The van der Waals surface area contributed by atoms with Gasteiger partial charge < -0.3 is 14.8 Å². The number of ether oxygens (including phenoxy) is 2. The zero-order valence-corrected chi connectivity index (χ0v) is 7.63. The monoisotopic (exact) mass is 211 g/mol. The van der Waals surface area contributed by atoms with E-state index in [0.717, 1.165) is 0 Å². The minimum Gasteiger partial charge on any atom is -0.485 e. The third-order valence-corrected chi connectivity index (χ3v) is 2.03. The van der Waals surface area contributed by atoms with Crippen LogP contribution in [0.3, 0.4) is 0 Å². The lowest BCUT2D eigenvalue weighted by molar-refractivity contribution is 0.133. The second kappa shape index (κ2) is 3.46. The number of nitrogens with zero attached hydrogens (tertiary/aromatic N) is 1. The zero-order valence-electron chi connectivity index (χ0n) is 14.6. The molecule has 0 amide bonds. The summed E-state index contributed by atoms with van der Waals surface area (Å²) in [5.41, 5.74) is 0. The largest absolute Gasteiger partial charge is 0.485 e. The van der Waals surface area contributed by atoms with Gasteiger partial charge in [0, 0.05) is 6.52 Å². The molecule has 1 N–H and O–H groups in total. The Morgan fingerprint density at radius 2 is 2.33 bits per heavy atom. The Labute approximate surface area is 97.8 Å². The lowest BCUT2D eigenvalue weighted by atomic mass is 10.2. The third kappa shape index (κ3) is 1.52. The van der Waals surface area contributed by atoms with Crippen LogP contribution in [0.5, 0.6) is 11.5 Å². The standard InChI is InChI=1S/C11H12N2O2/c1-2-4-9-8(3-1)14-7-10(15-9)11-12-5-6-13-11/h1-4,10H,5-7H2,(H,12,13)/i1D,2D,3D,4D,5D,6D2. The molecule has 78 valence electrons. The Morgan fingerprint density at radius 1 is 1.47 bits per heavy atom. The highest BCUT2D eigenvalue weighted by molar-refractivity contribution is 5.88. The predicted molar refractivity (Wildman–Crippen MR) is 56.7 cm³/mol. The molecule has 0 spiro atoms. The summed E-state index contributed by atoms with van der Waals surface area (Å²) in [6.45, 7) is -3.45. The molecular formula is C11H12N2O2. The molecule has 2 unspecified atom stereocenters. The van der Waals surface area contributed by atoms with E-state index >= 15 is 0 Å². The number of rotatable bonds is 1. The summed E-state index contributed by atoms with van der Waals surface area (Å²) in [6.07, 6.45) is -0.864. The fourth-order valence-corrected chi connectivity index (χ4v) is 1.35. The molecule has 1 aromatic rings. The molecule has 0 fully saturated rings. The summed E-state index contributed by atoms with van der Waals surface area (Å²) in [5, 5.41) is 2.55. The van der Waals surface area contributed by atoms with E-state index in [9.17, 15) is 0 Å². The number of hydrogen-bond donors (Lipinski definition) is 1. The molecule has 0 saturated heterocycles. The van der Waals surface area contributed by atoms with Crippen molar-refractivity contribution in [3.63, 3.8) is 0 Å². The van der Waals surface area contributed by atoms with Crippen molar-refractivity contribution in [3.05, 3.63) is 24.2 Å². The smallest absolute Gasteiger partial charge is 0.189 e. The van der Waals surface area contributed by atoms with Crippen molar-refractivity contribution < 1.29 is 19.1 Å². The van der Waals surface area contributed by atoms with Gasteiger partial charge in [0.2, 0.25) is 0 Å². The minimum atomic E-state index is -2.09. The molecule has 3 rings (SSSR count). The van der Waals surface area contributed by atoms with Gasteiger partial charge in [-0.05, 0) is 12.1 Å². The highest BCUT2D eigenvalue weighted by Gasteiger charge is 2.26. The Balaban J connectivity index is 1.96. The molecule has 4 heteroatoms. The Hall–Kier alpha value is -1.71. The molecule has 0 aliphatic carbocycles. The van der Waals surface area contributed by atoms with Gasteiger partial charge in [0.05, 0.1) is 16.1 Å². The van der Waals surface area contributed by atoms with E-state index in [0.29, 0.717) is 0 Å². The fraction of sp³-hybridized carbons (Fsp3) is 0.364. The van der Waals surface area contributed by atoms with Crippen molar-refractivity contribution in [2.24, 2.45) is 4.99 Å². The van der Waals surface area contributed by atoms with Crippen LogP contribution in [-0.4, -0.2) is 31.6 Å². The van der Waals surface area contributed by atoms with E-state index in [-0.39, 0.29) is 36.0 Å². The van der Waals surface area contributed by atoms with Crippen LogP contribution in [-0.2, 0) is 0 Å². The summed E-state index contributed by atoms with van der Waals surface area (Å²) in [5.74, 6) is -0.130. The quantitative estimate of drug-likeness (QED) is 0.748. The van der Waals surface area contributed by atoms with Gasteiger partial charge in [-0.15, -0.1) is 0 Å². The fourth-order valence-electron chi connectivity index (χ4n) is 1.35. The predicted octanol–water partition coefficient (Wildman–Crippen LogP) is 0.828. The Kier molecular flexibility index (Phi) is 0.931. The number of aliphatic imine (C=N–C) groups is 1. The second-order valence-corrected chi connectivity index (χ2v) is 2.99. The number of fused-ring (bicyclic) bond motifs is 1. The SMILES string of the molecule is [2H]c1c([2H])c([2H])c2c(c1[2H])OCC(C1=NC([2H])([2H])C([2H])N1)O2. The molecule has 0 saturated carbocycles. The van der Waals surface area contributed by atoms with E-state index in [1.807, 2.05) is 0 Å². The van der Waals surface area contributed by atoms with Crippen molar-refractivity contribution in [2.45, 2.75) is 6.10 Å². The van der Waals surface area contributed by atoms with Gasteiger partial charge in [0.25, 0.3) is 0 Å². The minimum absolute atomic E-state index is 0.0775. The van der Waals surface area contributed by atoms with E-state index in [1.54, 1.807) is 0 Å². The molecule has 0 bridgehead atoms. The Morgan fingerprint density at radius 3 is 3.13 bits per heavy atom. The maximum atomic E-state index is 7.82. The molecule has 2 atom stereocenters. The number of para-hydroxylation sites is 2. The van der Waals surface area contributed by atoms with E-state index in [1.165, 1.54) is 0 Å². The molecule has 2 aliphatic rings. The van der Waals surface area contributed by atoms with Crippen LogP contribution in [0.4, 0.5) is 0 Å². The third-order valence-electron chi connectivity index (χ3n) is 2.03. The first-order chi connectivity index (χ1) is 10.2. The molecule has 1 aromatic carbocycles. The number of hydrogen-bond acceptors (Lipinski definition) is 4. The lowest BCUT2D eigenvalue weighted by Gasteiger charge is -2.26. The first-order valence-electron chi connectivity index (χ1n) is 7.98. The van der Waals surface area contributed by atoms with Gasteiger partial charge in [-0.2, -0.15) is 0 Å². The molecular weight excluding hydrogens is 192 g/mol. The average Bonchev–Trinajstić information content (AvgIpc) is 2.76. The van der Waals surface area contributed by atoms with E-state index < -0.39 is 31.2 Å². The number of benzene rings is 1. The second-order valence-electron chi connectivity index (χ2n) is 2.99. The first-order valence-corrected chi connectivity index (χ1v) is 4.40. The summed E-state index contributed by atoms with van der Waals surface area (Å²) in [6, 6.07) is -1.55. The summed E-state index contributed by atoms with van der Waals surface area (Å²) >= 11 is 0. The van der Waals surface area contributed by atoms with Crippen LogP contribution >= 0.6 is 0 Å². The van der Waals surface area contributed by atoms with Crippen LogP contribution < -0.4 is 14.8 Å². The van der Waals surface area contributed by atoms with Gasteiger partial charge in [-0.25, -0.2) is 0 Å². The molecule has 0 aromatic heterocycles.